The molecule has 0 fully saturated rings. The van der Waals surface area contributed by atoms with Crippen LogP contribution < -0.4 is 5.32 Å². The number of carbonyl (C=O) groups excluding carboxylic acids is 1. The standard InChI is InChI=1S/C13H22N4O3/c1-13(2,3)17(9-11(18)19)12(20)16-6-4-5-10-14-7-8-15-10/h7-8H,4-6,9H2,1-3H3,(H,14,15)(H,16,20)(H,18,19). The van der Waals surface area contributed by atoms with E-state index in [2.05, 4.69) is 15.3 Å². The Kier molecular flexibility index (Phi) is 5.54. The molecule has 0 radical (unpaired) electrons. The largest absolute Gasteiger partial charge is 0.480 e. The topological polar surface area (TPSA) is 98.3 Å². The van der Waals surface area contributed by atoms with E-state index in [1.165, 1.54) is 4.90 Å². The van der Waals surface area contributed by atoms with Gasteiger partial charge < -0.3 is 20.3 Å². The lowest BCUT2D eigenvalue weighted by molar-refractivity contribution is -0.138. The molecule has 0 aliphatic heterocycles. The molecule has 20 heavy (non-hydrogen) atoms. The SMILES string of the molecule is CC(C)(C)N(CC(=O)O)C(=O)NCCCc1ncc[nH]1. The fraction of sp³-hybridized carbons (Fsp3) is 0.615. The number of H-pyrrole nitrogens is 1. The fourth-order valence-corrected chi connectivity index (χ4v) is 1.73. The van der Waals surface area contributed by atoms with Gasteiger partial charge in [-0.2, -0.15) is 0 Å². The van der Waals surface area contributed by atoms with Gasteiger partial charge in [0, 0.05) is 30.9 Å². The molecule has 0 aliphatic rings. The van der Waals surface area contributed by atoms with E-state index in [1.54, 1.807) is 33.2 Å². The average Bonchev–Trinajstić information content (AvgIpc) is 2.82. The third-order valence-corrected chi connectivity index (χ3v) is 2.77. The summed E-state index contributed by atoms with van der Waals surface area (Å²) < 4.78 is 0. The van der Waals surface area contributed by atoms with Crippen LogP contribution in [0.3, 0.4) is 0 Å². The molecule has 1 aromatic heterocycles. The van der Waals surface area contributed by atoms with Crippen LogP contribution in [0.2, 0.25) is 0 Å². The van der Waals surface area contributed by atoms with Crippen molar-refractivity contribution in [2.24, 2.45) is 0 Å². The molecule has 3 N–H and O–H groups in total. The van der Waals surface area contributed by atoms with Crippen LogP contribution in [0.25, 0.3) is 0 Å². The normalized spacial score (nSPS) is 11.2. The van der Waals surface area contributed by atoms with Crippen molar-refractivity contribution in [2.75, 3.05) is 13.1 Å². The predicted molar refractivity (Wildman–Crippen MR) is 74.4 cm³/mol. The Morgan fingerprint density at radius 3 is 2.65 bits per heavy atom. The summed E-state index contributed by atoms with van der Waals surface area (Å²) in [7, 11) is 0. The molecule has 1 rings (SSSR count). The minimum Gasteiger partial charge on any atom is -0.480 e. The van der Waals surface area contributed by atoms with Gasteiger partial charge in [0.15, 0.2) is 0 Å². The minimum atomic E-state index is -1.02. The Morgan fingerprint density at radius 2 is 2.15 bits per heavy atom. The zero-order valence-corrected chi connectivity index (χ0v) is 12.1. The summed E-state index contributed by atoms with van der Waals surface area (Å²) in [5, 5.41) is 11.6. The van der Waals surface area contributed by atoms with E-state index in [1.807, 2.05) is 0 Å². The van der Waals surface area contributed by atoms with Gasteiger partial charge in [-0.25, -0.2) is 9.78 Å². The zero-order chi connectivity index (χ0) is 15.2. The summed E-state index contributed by atoms with van der Waals surface area (Å²) in [5.74, 6) is -0.150. The molecule has 7 nitrogen and oxygen atoms in total. The number of urea groups is 1. The second kappa shape index (κ2) is 6.93. The smallest absolute Gasteiger partial charge is 0.323 e. The number of imidazole rings is 1. The van der Waals surface area contributed by atoms with E-state index in [9.17, 15) is 9.59 Å². The molecule has 1 aromatic rings. The van der Waals surface area contributed by atoms with Crippen molar-refractivity contribution < 1.29 is 14.7 Å². The zero-order valence-electron chi connectivity index (χ0n) is 12.1. The monoisotopic (exact) mass is 282 g/mol. The fourth-order valence-electron chi connectivity index (χ4n) is 1.73. The van der Waals surface area contributed by atoms with Gasteiger partial charge in [0.25, 0.3) is 0 Å². The van der Waals surface area contributed by atoms with Crippen LogP contribution >= 0.6 is 0 Å². The highest BCUT2D eigenvalue weighted by molar-refractivity contribution is 5.80. The van der Waals surface area contributed by atoms with Crippen molar-refractivity contribution >= 4 is 12.0 Å². The molecule has 0 atom stereocenters. The number of carbonyl (C=O) groups is 2. The molecular weight excluding hydrogens is 260 g/mol. The molecule has 0 aliphatic carbocycles. The Balaban J connectivity index is 2.40. The second-order valence-electron chi connectivity index (χ2n) is 5.52. The van der Waals surface area contributed by atoms with Crippen LogP contribution in [0.5, 0.6) is 0 Å². The lowest BCUT2D eigenvalue weighted by atomic mass is 10.1. The van der Waals surface area contributed by atoms with E-state index in [-0.39, 0.29) is 12.6 Å². The van der Waals surface area contributed by atoms with Gasteiger partial charge in [-0.1, -0.05) is 0 Å². The maximum Gasteiger partial charge on any atom is 0.323 e. The number of rotatable bonds is 6. The lowest BCUT2D eigenvalue weighted by Crippen LogP contribution is -2.52. The number of carboxylic acids is 1. The Labute approximate surface area is 118 Å². The number of aliphatic carboxylic acids is 1. The van der Waals surface area contributed by atoms with E-state index in [0.29, 0.717) is 6.54 Å². The molecule has 1 heterocycles. The van der Waals surface area contributed by atoms with Crippen LogP contribution in [-0.2, 0) is 11.2 Å². The highest BCUT2D eigenvalue weighted by Crippen LogP contribution is 2.12. The molecule has 0 aromatic carbocycles. The van der Waals surface area contributed by atoms with Gasteiger partial charge in [-0.3, -0.25) is 4.79 Å². The van der Waals surface area contributed by atoms with E-state index >= 15 is 0 Å². The van der Waals surface area contributed by atoms with E-state index in [0.717, 1.165) is 18.7 Å². The van der Waals surface area contributed by atoms with Gasteiger partial charge in [-0.05, 0) is 27.2 Å². The Hall–Kier alpha value is -2.05. The third kappa shape index (κ3) is 5.29. The Morgan fingerprint density at radius 1 is 1.45 bits per heavy atom. The molecule has 0 spiro atoms. The van der Waals surface area contributed by atoms with Crippen molar-refractivity contribution in [3.05, 3.63) is 18.2 Å². The maximum absolute atomic E-state index is 12.0. The predicted octanol–water partition coefficient (Wildman–Crippen LogP) is 1.24. The van der Waals surface area contributed by atoms with Gasteiger partial charge in [0.05, 0.1) is 0 Å². The number of aromatic nitrogens is 2. The molecule has 7 heteroatoms. The average molecular weight is 282 g/mol. The number of amides is 2. The molecule has 112 valence electrons. The number of nitrogens with zero attached hydrogens (tertiary/aromatic N) is 2. The first-order valence-corrected chi connectivity index (χ1v) is 6.56. The summed E-state index contributed by atoms with van der Waals surface area (Å²) >= 11 is 0. The number of nitrogens with one attached hydrogen (secondary N) is 2. The summed E-state index contributed by atoms with van der Waals surface area (Å²) in [5.41, 5.74) is -0.538. The number of aryl methyl sites for hydroxylation is 1. The van der Waals surface area contributed by atoms with Gasteiger partial charge in [-0.15, -0.1) is 0 Å². The second-order valence-corrected chi connectivity index (χ2v) is 5.52. The molecule has 0 saturated heterocycles. The van der Waals surface area contributed by atoms with Crippen molar-refractivity contribution in [3.8, 4) is 0 Å². The molecule has 0 bridgehead atoms. The van der Waals surface area contributed by atoms with Crippen LogP contribution in [0, 0.1) is 0 Å². The van der Waals surface area contributed by atoms with Gasteiger partial charge in [0.1, 0.15) is 12.4 Å². The summed E-state index contributed by atoms with van der Waals surface area (Å²) in [6, 6.07) is -0.362. The quantitative estimate of drug-likeness (QED) is 0.684. The summed E-state index contributed by atoms with van der Waals surface area (Å²) in [6.07, 6.45) is 4.91. The van der Waals surface area contributed by atoms with Crippen molar-refractivity contribution in [1.82, 2.24) is 20.2 Å². The van der Waals surface area contributed by atoms with Crippen LogP contribution in [-0.4, -0.2) is 50.6 Å². The molecule has 2 amide bonds. The van der Waals surface area contributed by atoms with E-state index < -0.39 is 11.5 Å². The maximum atomic E-state index is 12.0. The lowest BCUT2D eigenvalue weighted by Gasteiger charge is -2.34. The molecule has 0 unspecified atom stereocenters. The first-order chi connectivity index (χ1) is 9.30. The van der Waals surface area contributed by atoms with Crippen LogP contribution in [0.1, 0.15) is 33.0 Å². The van der Waals surface area contributed by atoms with Crippen LogP contribution in [0.4, 0.5) is 4.79 Å². The Bertz CT molecular complexity index is 437. The number of hydrogen-bond acceptors (Lipinski definition) is 3. The third-order valence-electron chi connectivity index (χ3n) is 2.77. The molecule has 0 saturated carbocycles. The minimum absolute atomic E-state index is 0.312. The first kappa shape index (κ1) is 16.0. The number of hydrogen-bond donors (Lipinski definition) is 3. The first-order valence-electron chi connectivity index (χ1n) is 6.56. The number of carboxylic acid groups (broad SMARTS) is 1. The summed E-state index contributed by atoms with van der Waals surface area (Å²) in [6.45, 7) is 5.58. The number of aromatic amines is 1. The van der Waals surface area contributed by atoms with Gasteiger partial charge >= 0.3 is 12.0 Å². The van der Waals surface area contributed by atoms with E-state index in [4.69, 9.17) is 5.11 Å². The van der Waals surface area contributed by atoms with Crippen molar-refractivity contribution in [2.45, 2.75) is 39.2 Å². The van der Waals surface area contributed by atoms with Crippen LogP contribution in [0.15, 0.2) is 12.4 Å². The van der Waals surface area contributed by atoms with Crippen molar-refractivity contribution in [1.29, 1.82) is 0 Å². The highest BCUT2D eigenvalue weighted by Gasteiger charge is 2.28. The highest BCUT2D eigenvalue weighted by atomic mass is 16.4. The molecular formula is C13H22N4O3. The van der Waals surface area contributed by atoms with Gasteiger partial charge in [0.2, 0.25) is 0 Å². The summed E-state index contributed by atoms with van der Waals surface area (Å²) in [4.78, 5) is 31.2. The van der Waals surface area contributed by atoms with Crippen molar-refractivity contribution in [3.63, 3.8) is 0 Å².